The lowest BCUT2D eigenvalue weighted by Crippen LogP contribution is -2.26. The zero-order valence-electron chi connectivity index (χ0n) is 12.9. The monoisotopic (exact) mass is 324 g/mol. The maximum atomic E-state index is 12.6. The highest BCUT2D eigenvalue weighted by Gasteiger charge is 2.27. The molecule has 0 aliphatic heterocycles. The van der Waals surface area contributed by atoms with Crippen LogP contribution in [0, 0.1) is 6.92 Å². The summed E-state index contributed by atoms with van der Waals surface area (Å²) < 4.78 is 26.5. The summed E-state index contributed by atoms with van der Waals surface area (Å²) in [6.07, 6.45) is 0. The number of aryl methyl sites for hydroxylation is 1. The van der Waals surface area contributed by atoms with Gasteiger partial charge in [-0.05, 0) is 24.5 Å². The van der Waals surface area contributed by atoms with Gasteiger partial charge in [0.05, 0.1) is 10.6 Å². The molecule has 1 aromatic carbocycles. The van der Waals surface area contributed by atoms with E-state index in [2.05, 4.69) is 25.8 Å². The average molecular weight is 324 g/mol. The summed E-state index contributed by atoms with van der Waals surface area (Å²) in [6.45, 7) is 8.22. The molecule has 1 heterocycles. The molecule has 6 heteroatoms. The summed E-state index contributed by atoms with van der Waals surface area (Å²) in [7, 11) is -2.01. The van der Waals surface area contributed by atoms with Crippen molar-refractivity contribution in [2.45, 2.75) is 38.0 Å². The normalized spacial score (nSPS) is 12.4. The number of thiazole rings is 1. The summed E-state index contributed by atoms with van der Waals surface area (Å²) in [4.78, 5) is 5.81. The molecule has 0 fully saturated rings. The Morgan fingerprint density at radius 2 is 1.71 bits per heavy atom. The van der Waals surface area contributed by atoms with Crippen LogP contribution in [-0.4, -0.2) is 20.4 Å². The Kier molecular flexibility index (Phi) is 4.13. The van der Waals surface area contributed by atoms with Gasteiger partial charge in [0.2, 0.25) is 0 Å². The Morgan fingerprint density at radius 1 is 1.14 bits per heavy atom. The van der Waals surface area contributed by atoms with Gasteiger partial charge in [0, 0.05) is 11.9 Å². The highest BCUT2D eigenvalue weighted by molar-refractivity contribution is 7.93. The van der Waals surface area contributed by atoms with Gasteiger partial charge in [-0.2, -0.15) is 0 Å². The van der Waals surface area contributed by atoms with E-state index in [0.29, 0.717) is 5.13 Å². The molecular formula is C15H20N2O2S2. The zero-order valence-corrected chi connectivity index (χ0v) is 14.5. The largest absolute Gasteiger partial charge is 0.265 e. The van der Waals surface area contributed by atoms with Crippen LogP contribution < -0.4 is 4.31 Å². The van der Waals surface area contributed by atoms with Crippen molar-refractivity contribution in [1.29, 1.82) is 0 Å². The summed E-state index contributed by atoms with van der Waals surface area (Å²) in [5, 5.41) is 0.501. The maximum Gasteiger partial charge on any atom is 0.265 e. The van der Waals surface area contributed by atoms with Crippen molar-refractivity contribution in [2.24, 2.45) is 0 Å². The Balaban J connectivity index is 2.44. The van der Waals surface area contributed by atoms with Crippen LogP contribution in [0.5, 0.6) is 0 Å². The number of aromatic nitrogens is 1. The molecule has 0 aliphatic carbocycles. The highest BCUT2D eigenvalue weighted by Crippen LogP contribution is 2.36. The average Bonchev–Trinajstić information content (AvgIpc) is 2.81. The van der Waals surface area contributed by atoms with E-state index in [0.717, 1.165) is 10.6 Å². The van der Waals surface area contributed by atoms with Gasteiger partial charge >= 0.3 is 0 Å². The second-order valence-corrected chi connectivity index (χ2v) is 8.89. The van der Waals surface area contributed by atoms with Crippen LogP contribution in [-0.2, 0) is 15.4 Å². The molecule has 0 amide bonds. The molecule has 0 spiro atoms. The third-order valence-electron chi connectivity index (χ3n) is 3.14. The van der Waals surface area contributed by atoms with Gasteiger partial charge in [-0.15, -0.1) is 11.3 Å². The van der Waals surface area contributed by atoms with Gasteiger partial charge in [-0.1, -0.05) is 39.0 Å². The number of anilines is 1. The fourth-order valence-electron chi connectivity index (χ4n) is 2.07. The minimum atomic E-state index is -3.56. The van der Waals surface area contributed by atoms with Crippen molar-refractivity contribution in [3.05, 3.63) is 40.9 Å². The molecule has 2 aromatic rings. The number of hydrogen-bond donors (Lipinski definition) is 0. The highest BCUT2D eigenvalue weighted by atomic mass is 32.2. The molecule has 2 rings (SSSR count). The Morgan fingerprint density at radius 3 is 2.19 bits per heavy atom. The number of rotatable bonds is 3. The fourth-order valence-corrected chi connectivity index (χ4v) is 4.53. The SMILES string of the molecule is Cc1nc(N(C)S(=O)(=O)c2ccccc2)sc1C(C)(C)C. The van der Waals surface area contributed by atoms with E-state index in [1.54, 1.807) is 37.4 Å². The number of benzene rings is 1. The first-order valence-electron chi connectivity index (χ1n) is 6.66. The molecule has 0 N–H and O–H groups in total. The molecule has 0 radical (unpaired) electrons. The molecule has 0 unspecified atom stereocenters. The van der Waals surface area contributed by atoms with Crippen LogP contribution in [0.4, 0.5) is 5.13 Å². The second kappa shape index (κ2) is 5.42. The third-order valence-corrected chi connectivity index (χ3v) is 6.67. The first-order valence-corrected chi connectivity index (χ1v) is 8.91. The van der Waals surface area contributed by atoms with Crippen LogP contribution in [0.1, 0.15) is 31.3 Å². The Hall–Kier alpha value is -1.40. The van der Waals surface area contributed by atoms with Gasteiger partial charge < -0.3 is 0 Å². The summed E-state index contributed by atoms with van der Waals surface area (Å²) in [5.74, 6) is 0. The topological polar surface area (TPSA) is 50.3 Å². The third kappa shape index (κ3) is 3.11. The van der Waals surface area contributed by atoms with Crippen LogP contribution in [0.2, 0.25) is 0 Å². The molecule has 0 saturated heterocycles. The number of nitrogens with zero attached hydrogens (tertiary/aromatic N) is 2. The van der Waals surface area contributed by atoms with E-state index in [1.165, 1.54) is 15.6 Å². The maximum absolute atomic E-state index is 12.6. The van der Waals surface area contributed by atoms with E-state index in [4.69, 9.17) is 0 Å². The number of hydrogen-bond acceptors (Lipinski definition) is 4. The Labute approximate surface area is 130 Å². The van der Waals surface area contributed by atoms with Crippen molar-refractivity contribution >= 4 is 26.5 Å². The lowest BCUT2D eigenvalue weighted by atomic mass is 9.94. The molecule has 114 valence electrons. The lowest BCUT2D eigenvalue weighted by Gasteiger charge is -2.17. The van der Waals surface area contributed by atoms with Gasteiger partial charge in [0.1, 0.15) is 0 Å². The molecule has 0 saturated carbocycles. The van der Waals surface area contributed by atoms with Crippen LogP contribution >= 0.6 is 11.3 Å². The first kappa shape index (κ1) is 16.0. The van der Waals surface area contributed by atoms with Crippen molar-refractivity contribution in [1.82, 2.24) is 4.98 Å². The van der Waals surface area contributed by atoms with Crippen LogP contribution in [0.15, 0.2) is 35.2 Å². The summed E-state index contributed by atoms with van der Waals surface area (Å²) >= 11 is 1.43. The molecule has 1 aromatic heterocycles. The quantitative estimate of drug-likeness (QED) is 0.867. The van der Waals surface area contributed by atoms with Crippen molar-refractivity contribution in [2.75, 3.05) is 11.4 Å². The number of sulfonamides is 1. The predicted octanol–water partition coefficient (Wildman–Crippen LogP) is 3.57. The first-order chi connectivity index (χ1) is 9.64. The van der Waals surface area contributed by atoms with Gasteiger partial charge in [0.15, 0.2) is 5.13 Å². The molecule has 0 atom stereocenters. The van der Waals surface area contributed by atoms with E-state index in [9.17, 15) is 8.42 Å². The van der Waals surface area contributed by atoms with Crippen LogP contribution in [0.3, 0.4) is 0 Å². The predicted molar refractivity (Wildman–Crippen MR) is 87.6 cm³/mol. The molecular weight excluding hydrogens is 304 g/mol. The summed E-state index contributed by atoms with van der Waals surface area (Å²) in [6, 6.07) is 8.42. The van der Waals surface area contributed by atoms with E-state index >= 15 is 0 Å². The minimum absolute atomic E-state index is 0.0443. The van der Waals surface area contributed by atoms with E-state index in [-0.39, 0.29) is 10.3 Å². The lowest BCUT2D eigenvalue weighted by molar-refractivity contribution is 0.594. The Bertz CT molecular complexity index is 729. The van der Waals surface area contributed by atoms with Gasteiger partial charge in [0.25, 0.3) is 10.0 Å². The standard InChI is InChI=1S/C15H20N2O2S2/c1-11-13(15(2,3)4)20-14(16-11)17(5)21(18,19)12-9-7-6-8-10-12/h6-10H,1-5H3. The van der Waals surface area contributed by atoms with Gasteiger partial charge in [-0.3, -0.25) is 0 Å². The fraction of sp³-hybridized carbons (Fsp3) is 0.400. The molecule has 0 bridgehead atoms. The van der Waals surface area contributed by atoms with Crippen molar-refractivity contribution in [3.8, 4) is 0 Å². The van der Waals surface area contributed by atoms with Crippen molar-refractivity contribution in [3.63, 3.8) is 0 Å². The molecule has 4 nitrogen and oxygen atoms in total. The van der Waals surface area contributed by atoms with Crippen LogP contribution in [0.25, 0.3) is 0 Å². The van der Waals surface area contributed by atoms with E-state index in [1.807, 2.05) is 6.92 Å². The summed E-state index contributed by atoms with van der Waals surface area (Å²) in [5.41, 5.74) is 0.842. The van der Waals surface area contributed by atoms with Gasteiger partial charge in [-0.25, -0.2) is 17.7 Å². The smallest absolute Gasteiger partial charge is 0.244 e. The molecule has 21 heavy (non-hydrogen) atoms. The molecule has 0 aliphatic rings. The van der Waals surface area contributed by atoms with E-state index < -0.39 is 10.0 Å². The zero-order chi connectivity index (χ0) is 15.8. The van der Waals surface area contributed by atoms with Crippen molar-refractivity contribution < 1.29 is 8.42 Å². The second-order valence-electron chi connectivity index (χ2n) is 5.95. The minimum Gasteiger partial charge on any atom is -0.244 e.